The van der Waals surface area contributed by atoms with E-state index >= 15 is 0 Å². The summed E-state index contributed by atoms with van der Waals surface area (Å²) in [4.78, 5) is 29.2. The van der Waals surface area contributed by atoms with Crippen LogP contribution < -0.4 is 5.32 Å². The van der Waals surface area contributed by atoms with Crippen LogP contribution in [-0.4, -0.2) is 53.3 Å². The maximum Gasteiger partial charge on any atom is 0.239 e. The Balaban J connectivity index is 1.70. The fourth-order valence-corrected chi connectivity index (χ4v) is 4.05. The first-order chi connectivity index (χ1) is 11.9. The van der Waals surface area contributed by atoms with Crippen LogP contribution >= 0.6 is 0 Å². The van der Waals surface area contributed by atoms with Crippen molar-refractivity contribution < 1.29 is 9.59 Å². The van der Waals surface area contributed by atoms with Gasteiger partial charge in [-0.3, -0.25) is 14.5 Å². The maximum atomic E-state index is 12.7. The summed E-state index contributed by atoms with van der Waals surface area (Å²) in [7, 11) is 0. The zero-order valence-electron chi connectivity index (χ0n) is 15.7. The summed E-state index contributed by atoms with van der Waals surface area (Å²) in [6.07, 6.45) is 2.12. The van der Waals surface area contributed by atoms with Gasteiger partial charge in [0.1, 0.15) is 0 Å². The summed E-state index contributed by atoms with van der Waals surface area (Å²) in [5.41, 5.74) is 3.14. The Hall–Kier alpha value is -1.88. The van der Waals surface area contributed by atoms with E-state index in [0.717, 1.165) is 42.7 Å². The fourth-order valence-electron chi connectivity index (χ4n) is 4.05. The van der Waals surface area contributed by atoms with Crippen LogP contribution in [0.25, 0.3) is 0 Å². The van der Waals surface area contributed by atoms with Gasteiger partial charge in [0.05, 0.1) is 12.6 Å². The van der Waals surface area contributed by atoms with Gasteiger partial charge in [-0.1, -0.05) is 32.0 Å². The molecule has 2 heterocycles. The molecule has 2 aliphatic rings. The molecular formula is C20H29N3O2. The lowest BCUT2D eigenvalue weighted by atomic mass is 9.98. The van der Waals surface area contributed by atoms with Gasteiger partial charge in [0.2, 0.25) is 11.8 Å². The third-order valence-electron chi connectivity index (χ3n) is 5.55. The molecule has 2 aliphatic heterocycles. The predicted molar refractivity (Wildman–Crippen MR) is 99.7 cm³/mol. The summed E-state index contributed by atoms with van der Waals surface area (Å²) >= 11 is 0. The Kier molecular flexibility index (Phi) is 5.13. The molecule has 2 amide bonds. The van der Waals surface area contributed by atoms with E-state index in [1.165, 1.54) is 0 Å². The van der Waals surface area contributed by atoms with Crippen LogP contribution in [0.5, 0.6) is 0 Å². The molecule has 1 aromatic rings. The van der Waals surface area contributed by atoms with E-state index in [9.17, 15) is 9.59 Å². The number of para-hydroxylation sites is 1. The second-order valence-corrected chi connectivity index (χ2v) is 7.68. The monoisotopic (exact) mass is 343 g/mol. The average Bonchev–Trinajstić information content (AvgIpc) is 3.02. The molecule has 0 aliphatic carbocycles. The second kappa shape index (κ2) is 7.16. The lowest BCUT2D eigenvalue weighted by molar-refractivity contribution is -0.143. The molecule has 0 bridgehead atoms. The van der Waals surface area contributed by atoms with Gasteiger partial charge >= 0.3 is 0 Å². The molecule has 0 saturated carbocycles. The van der Waals surface area contributed by atoms with E-state index in [1.807, 2.05) is 35.8 Å². The largest absolute Gasteiger partial charge is 0.337 e. The van der Waals surface area contributed by atoms with Gasteiger partial charge in [-0.2, -0.15) is 0 Å². The van der Waals surface area contributed by atoms with E-state index in [0.29, 0.717) is 5.92 Å². The van der Waals surface area contributed by atoms with Crippen LogP contribution in [0.1, 0.15) is 50.7 Å². The Morgan fingerprint density at radius 1 is 1.36 bits per heavy atom. The summed E-state index contributed by atoms with van der Waals surface area (Å²) in [5.74, 6) is 0.473. The third-order valence-corrected chi connectivity index (χ3v) is 5.55. The molecule has 5 heteroatoms. The minimum absolute atomic E-state index is 0.0395. The van der Waals surface area contributed by atoms with Gasteiger partial charge in [0, 0.05) is 24.8 Å². The molecule has 1 N–H and O–H groups in total. The maximum absolute atomic E-state index is 12.7. The van der Waals surface area contributed by atoms with E-state index in [-0.39, 0.29) is 30.4 Å². The lowest BCUT2D eigenvalue weighted by Gasteiger charge is -2.41. The number of carbonyl (C=O) groups excluding carboxylic acids is 2. The molecule has 25 heavy (non-hydrogen) atoms. The molecule has 0 aromatic heterocycles. The lowest BCUT2D eigenvalue weighted by Crippen LogP contribution is -2.59. The number of anilines is 1. The summed E-state index contributed by atoms with van der Waals surface area (Å²) < 4.78 is 0. The average molecular weight is 343 g/mol. The smallest absolute Gasteiger partial charge is 0.239 e. The van der Waals surface area contributed by atoms with Crippen molar-refractivity contribution in [2.75, 3.05) is 25.0 Å². The number of aryl methyl sites for hydroxylation is 1. The van der Waals surface area contributed by atoms with Crippen molar-refractivity contribution in [1.82, 2.24) is 9.80 Å². The van der Waals surface area contributed by atoms with E-state index in [2.05, 4.69) is 25.2 Å². The minimum atomic E-state index is -0.221. The number of piperazine rings is 1. The molecule has 2 saturated heterocycles. The quantitative estimate of drug-likeness (QED) is 0.914. The molecule has 5 nitrogen and oxygen atoms in total. The number of hydrogen-bond acceptors (Lipinski definition) is 3. The number of fused-ring (bicyclic) bond motifs is 1. The van der Waals surface area contributed by atoms with Gasteiger partial charge in [-0.15, -0.1) is 0 Å². The van der Waals surface area contributed by atoms with Crippen molar-refractivity contribution in [3.63, 3.8) is 0 Å². The number of carbonyl (C=O) groups is 2. The fraction of sp³-hybridized carbons (Fsp3) is 0.600. The number of hydrogen-bond donors (Lipinski definition) is 1. The van der Waals surface area contributed by atoms with Crippen molar-refractivity contribution in [1.29, 1.82) is 0 Å². The van der Waals surface area contributed by atoms with Crippen LogP contribution in [0.4, 0.5) is 5.69 Å². The van der Waals surface area contributed by atoms with Gasteiger partial charge in [0.15, 0.2) is 0 Å². The molecule has 1 aromatic carbocycles. The van der Waals surface area contributed by atoms with E-state index in [1.54, 1.807) is 0 Å². The number of benzene rings is 1. The van der Waals surface area contributed by atoms with Crippen LogP contribution in [0, 0.1) is 6.92 Å². The zero-order valence-corrected chi connectivity index (χ0v) is 15.7. The normalized spacial score (nSPS) is 23.9. The van der Waals surface area contributed by atoms with Crippen molar-refractivity contribution >= 4 is 17.5 Å². The highest BCUT2D eigenvalue weighted by Crippen LogP contribution is 2.28. The molecule has 0 radical (unpaired) electrons. The SMILES string of the molecule is Cc1cccc(C(C)C)c1NC(=O)CN1C[C@H]2CCCN2C(=O)[C@@H]1C. The first-order valence-electron chi connectivity index (χ1n) is 9.32. The van der Waals surface area contributed by atoms with Crippen molar-refractivity contribution in [3.8, 4) is 0 Å². The molecule has 2 atom stereocenters. The number of rotatable bonds is 4. The number of nitrogens with one attached hydrogen (secondary N) is 1. The van der Waals surface area contributed by atoms with Crippen molar-refractivity contribution in [2.45, 2.75) is 58.5 Å². The van der Waals surface area contributed by atoms with E-state index in [4.69, 9.17) is 0 Å². The van der Waals surface area contributed by atoms with Crippen molar-refractivity contribution in [2.24, 2.45) is 0 Å². The molecular weight excluding hydrogens is 314 g/mol. The molecule has 2 fully saturated rings. The van der Waals surface area contributed by atoms with Crippen LogP contribution in [0.15, 0.2) is 18.2 Å². The third kappa shape index (κ3) is 3.56. The Bertz CT molecular complexity index is 671. The molecule has 3 rings (SSSR count). The second-order valence-electron chi connectivity index (χ2n) is 7.68. The summed E-state index contributed by atoms with van der Waals surface area (Å²) in [6, 6.07) is 6.17. The van der Waals surface area contributed by atoms with Gasteiger partial charge in [-0.05, 0) is 43.7 Å². The van der Waals surface area contributed by atoms with Gasteiger partial charge in [0.25, 0.3) is 0 Å². The molecule has 0 spiro atoms. The highest BCUT2D eigenvalue weighted by molar-refractivity contribution is 5.94. The number of amides is 2. The highest BCUT2D eigenvalue weighted by atomic mass is 16.2. The van der Waals surface area contributed by atoms with Crippen LogP contribution in [0.2, 0.25) is 0 Å². The number of nitrogens with zero attached hydrogens (tertiary/aromatic N) is 2. The summed E-state index contributed by atoms with van der Waals surface area (Å²) in [6.45, 7) is 10.1. The molecule has 136 valence electrons. The first-order valence-corrected chi connectivity index (χ1v) is 9.32. The highest BCUT2D eigenvalue weighted by Gasteiger charge is 2.40. The van der Waals surface area contributed by atoms with E-state index < -0.39 is 0 Å². The minimum Gasteiger partial charge on any atom is -0.337 e. The van der Waals surface area contributed by atoms with Crippen molar-refractivity contribution in [3.05, 3.63) is 29.3 Å². The van der Waals surface area contributed by atoms with Crippen LogP contribution in [-0.2, 0) is 9.59 Å². The Labute approximate surface area is 150 Å². The van der Waals surface area contributed by atoms with Crippen LogP contribution in [0.3, 0.4) is 0 Å². The topological polar surface area (TPSA) is 52.7 Å². The Morgan fingerprint density at radius 3 is 2.84 bits per heavy atom. The Morgan fingerprint density at radius 2 is 2.12 bits per heavy atom. The van der Waals surface area contributed by atoms with Gasteiger partial charge in [-0.25, -0.2) is 0 Å². The van der Waals surface area contributed by atoms with Gasteiger partial charge < -0.3 is 10.2 Å². The molecule has 0 unspecified atom stereocenters. The first kappa shape index (κ1) is 17.9. The standard InChI is InChI=1S/C20H29N3O2/c1-13(2)17-9-5-7-14(3)19(17)21-18(24)12-22-11-16-8-6-10-23(16)20(25)15(22)4/h5,7,9,13,15-16H,6,8,10-12H2,1-4H3,(H,21,24)/t15-,16+/m0/s1. The predicted octanol–water partition coefficient (Wildman–Crippen LogP) is 2.75. The summed E-state index contributed by atoms with van der Waals surface area (Å²) in [5, 5.41) is 3.10. The zero-order chi connectivity index (χ0) is 18.1.